The number of hydrogen-bond donors (Lipinski definition) is 0. The van der Waals surface area contributed by atoms with Crippen molar-refractivity contribution in [2.24, 2.45) is 5.92 Å². The SMILES string of the molecule is CCC1=[C]([Zr+2][c]2cccc3c2Cc2ccccc2-3)C(CC)C=C1.[Cl-].[Cl-]. The van der Waals surface area contributed by atoms with Crippen LogP contribution in [0.3, 0.4) is 0 Å². The van der Waals surface area contributed by atoms with E-state index in [1.807, 2.05) is 3.28 Å². The van der Waals surface area contributed by atoms with Crippen LogP contribution in [0.5, 0.6) is 0 Å². The molecule has 2 aliphatic rings. The van der Waals surface area contributed by atoms with Gasteiger partial charge in [0.15, 0.2) is 0 Å². The van der Waals surface area contributed by atoms with Crippen LogP contribution in [0.1, 0.15) is 37.8 Å². The van der Waals surface area contributed by atoms with Gasteiger partial charge in [0, 0.05) is 0 Å². The van der Waals surface area contributed by atoms with Gasteiger partial charge in [-0.25, -0.2) is 0 Å². The largest absolute Gasteiger partial charge is 1.00 e. The molecule has 0 aliphatic heterocycles. The summed E-state index contributed by atoms with van der Waals surface area (Å²) in [6, 6.07) is 16.0. The van der Waals surface area contributed by atoms with Crippen molar-refractivity contribution in [3.63, 3.8) is 0 Å². The summed E-state index contributed by atoms with van der Waals surface area (Å²) in [4.78, 5) is 0. The Hall–Kier alpha value is -0.617. The van der Waals surface area contributed by atoms with Crippen molar-refractivity contribution in [3.05, 3.63) is 74.6 Å². The van der Waals surface area contributed by atoms with E-state index in [1.165, 1.54) is 29.5 Å². The summed E-state index contributed by atoms with van der Waals surface area (Å²) in [7, 11) is 0. The summed E-state index contributed by atoms with van der Waals surface area (Å²) in [5, 5.41) is 0. The molecule has 0 nitrogen and oxygen atoms in total. The first-order chi connectivity index (χ1) is 11.3. The van der Waals surface area contributed by atoms with Crippen molar-refractivity contribution in [2.45, 2.75) is 33.1 Å². The maximum absolute atomic E-state index is 2.45. The Morgan fingerprint density at radius 3 is 2.48 bits per heavy atom. The molecule has 0 amide bonds. The van der Waals surface area contributed by atoms with E-state index in [0.717, 1.165) is 12.3 Å². The third kappa shape index (κ3) is 3.75. The standard InChI is InChI=1S/C13H9.C9H13.2ClH.Zr/c1-3-7-12-10(5-1)9-11-6-2-4-8-13(11)12;1-3-8-5-6-9(4-2)7-8;;;/h1-5,7-8H,9H2;5-6,8H,3-4H2,1-2H3;2*1H;/q;;;;+2/p-2. The number of hydrogen-bond acceptors (Lipinski definition) is 0. The Labute approximate surface area is 175 Å². The van der Waals surface area contributed by atoms with Gasteiger partial charge in [-0.15, -0.1) is 0 Å². The third-order valence-electron chi connectivity index (χ3n) is 5.19. The van der Waals surface area contributed by atoms with Gasteiger partial charge in [0.25, 0.3) is 0 Å². The Kier molecular flexibility index (Phi) is 7.33. The van der Waals surface area contributed by atoms with Gasteiger partial charge in [-0.3, -0.25) is 0 Å². The number of fused-ring (bicyclic) bond motifs is 3. The van der Waals surface area contributed by atoms with Crippen LogP contribution in [0, 0.1) is 5.92 Å². The topological polar surface area (TPSA) is 0 Å². The van der Waals surface area contributed by atoms with Crippen LogP contribution < -0.4 is 28.1 Å². The van der Waals surface area contributed by atoms with E-state index in [2.05, 4.69) is 68.5 Å². The molecule has 3 heteroatoms. The van der Waals surface area contributed by atoms with Crippen molar-refractivity contribution in [1.82, 2.24) is 0 Å². The van der Waals surface area contributed by atoms with Gasteiger partial charge in [-0.05, 0) is 0 Å². The van der Waals surface area contributed by atoms with Crippen LogP contribution in [-0.2, 0) is 29.7 Å². The Morgan fingerprint density at radius 1 is 0.960 bits per heavy atom. The summed E-state index contributed by atoms with van der Waals surface area (Å²) in [6.45, 7) is 4.64. The predicted octanol–water partition coefficient (Wildman–Crippen LogP) is -0.766. The van der Waals surface area contributed by atoms with E-state index in [-0.39, 0.29) is 24.8 Å². The maximum Gasteiger partial charge on any atom is -1.00 e. The molecule has 0 bridgehead atoms. The molecule has 0 N–H and O–H groups in total. The zero-order chi connectivity index (χ0) is 15.8. The molecule has 0 aromatic heterocycles. The molecule has 25 heavy (non-hydrogen) atoms. The number of benzene rings is 2. The van der Waals surface area contributed by atoms with E-state index in [0.29, 0.717) is 0 Å². The van der Waals surface area contributed by atoms with Crippen molar-refractivity contribution in [1.29, 1.82) is 0 Å². The van der Waals surface area contributed by atoms with E-state index >= 15 is 0 Å². The fourth-order valence-corrected chi connectivity index (χ4v) is 8.20. The minimum absolute atomic E-state index is 0. The van der Waals surface area contributed by atoms with Gasteiger partial charge in [-0.1, -0.05) is 0 Å². The van der Waals surface area contributed by atoms with Crippen LogP contribution in [0.15, 0.2) is 63.5 Å². The summed E-state index contributed by atoms with van der Waals surface area (Å²) in [6.07, 6.45) is 8.44. The van der Waals surface area contributed by atoms with Gasteiger partial charge in [-0.2, -0.15) is 0 Å². The van der Waals surface area contributed by atoms with E-state index in [9.17, 15) is 0 Å². The van der Waals surface area contributed by atoms with Gasteiger partial charge >= 0.3 is 151 Å². The molecule has 0 spiro atoms. The molecule has 128 valence electrons. The van der Waals surface area contributed by atoms with Gasteiger partial charge in [0.2, 0.25) is 0 Å². The fourth-order valence-electron chi connectivity index (χ4n) is 3.90. The molecule has 2 aliphatic carbocycles. The first-order valence-corrected chi connectivity index (χ1v) is 11.2. The third-order valence-corrected chi connectivity index (χ3v) is 9.36. The molecule has 0 fully saturated rings. The fraction of sp³-hybridized carbons (Fsp3) is 0.273. The van der Waals surface area contributed by atoms with E-state index < -0.39 is 23.2 Å². The van der Waals surface area contributed by atoms with Crippen molar-refractivity contribution in [3.8, 4) is 11.1 Å². The summed E-state index contributed by atoms with van der Waals surface area (Å²) >= 11 is -0.704. The van der Waals surface area contributed by atoms with Gasteiger partial charge in [0.1, 0.15) is 0 Å². The summed E-state index contributed by atoms with van der Waals surface area (Å²) in [5.41, 5.74) is 7.74. The smallest absolute Gasteiger partial charge is 1.00 e. The van der Waals surface area contributed by atoms with E-state index in [4.69, 9.17) is 0 Å². The Balaban J connectivity index is 0.00000113. The molecule has 0 saturated heterocycles. The van der Waals surface area contributed by atoms with Crippen LogP contribution in [0.2, 0.25) is 0 Å². The summed E-state index contributed by atoms with van der Waals surface area (Å²) < 4.78 is 3.52. The van der Waals surface area contributed by atoms with Crippen LogP contribution in [-0.4, -0.2) is 0 Å². The zero-order valence-corrected chi connectivity index (χ0v) is 18.6. The monoisotopic (exact) mass is 446 g/mol. The Bertz CT molecular complexity index is 821. The van der Waals surface area contributed by atoms with Crippen molar-refractivity contribution < 1.29 is 48.0 Å². The quantitative estimate of drug-likeness (QED) is 0.492. The summed E-state index contributed by atoms with van der Waals surface area (Å²) in [5.74, 6) is 0.719. The van der Waals surface area contributed by atoms with Crippen molar-refractivity contribution >= 4 is 3.27 Å². The second-order valence-corrected chi connectivity index (χ2v) is 9.72. The number of halogens is 2. The molecule has 0 saturated carbocycles. The number of allylic oxidation sites excluding steroid dienone is 4. The Morgan fingerprint density at radius 2 is 1.72 bits per heavy atom. The minimum Gasteiger partial charge on any atom is -1.00 e. The molecule has 4 rings (SSSR count). The van der Waals surface area contributed by atoms with Crippen LogP contribution in [0.4, 0.5) is 0 Å². The number of rotatable bonds is 4. The van der Waals surface area contributed by atoms with Gasteiger partial charge < -0.3 is 24.8 Å². The minimum atomic E-state index is -0.704. The molecule has 2 aromatic rings. The second kappa shape index (κ2) is 8.85. The first-order valence-electron chi connectivity index (χ1n) is 8.70. The molecular formula is C22H22Cl2Zr. The predicted molar refractivity (Wildman–Crippen MR) is 94.6 cm³/mol. The molecule has 1 atom stereocenters. The van der Waals surface area contributed by atoms with E-state index in [1.54, 1.807) is 14.4 Å². The molecule has 0 heterocycles. The molecule has 2 aromatic carbocycles. The molecule has 0 radical (unpaired) electrons. The van der Waals surface area contributed by atoms with Crippen LogP contribution >= 0.6 is 0 Å². The average Bonchev–Trinajstić information content (AvgIpc) is 3.16. The normalized spacial score (nSPS) is 16.6. The second-order valence-electron chi connectivity index (χ2n) is 6.46. The van der Waals surface area contributed by atoms with Gasteiger partial charge in [0.05, 0.1) is 0 Å². The van der Waals surface area contributed by atoms with Crippen LogP contribution in [0.25, 0.3) is 11.1 Å². The zero-order valence-electron chi connectivity index (χ0n) is 14.7. The average molecular weight is 449 g/mol. The van der Waals surface area contributed by atoms with Crippen molar-refractivity contribution in [2.75, 3.05) is 0 Å². The molecular weight excluding hydrogens is 426 g/mol. The molecule has 1 unspecified atom stereocenters. The first kappa shape index (κ1) is 20.7. The maximum atomic E-state index is 2.45.